The van der Waals surface area contributed by atoms with Gasteiger partial charge in [0.05, 0.1) is 5.66 Å². The second-order valence-electron chi connectivity index (χ2n) is 4.84. The molecule has 0 heterocycles. The molecule has 3 heteroatoms. The summed E-state index contributed by atoms with van der Waals surface area (Å²) >= 11 is 0. The van der Waals surface area contributed by atoms with E-state index in [0.717, 1.165) is 32.6 Å². The summed E-state index contributed by atoms with van der Waals surface area (Å²) in [5, 5.41) is 0. The van der Waals surface area contributed by atoms with Crippen molar-refractivity contribution in [1.29, 1.82) is 0 Å². The molecule has 0 saturated carbocycles. The molecule has 0 rings (SSSR count). The maximum absolute atomic E-state index is 4.24. The lowest BCUT2D eigenvalue weighted by atomic mass is 9.98. The molecule has 0 unspecified atom stereocenters. The molecular weight excluding hydrogens is 224 g/mol. The maximum atomic E-state index is 4.24. The molecule has 0 bridgehead atoms. The van der Waals surface area contributed by atoms with Crippen LogP contribution in [0.1, 0.15) is 41.0 Å². The highest BCUT2D eigenvalue weighted by molar-refractivity contribution is 6.10. The van der Waals surface area contributed by atoms with E-state index in [-0.39, 0.29) is 5.66 Å². The molecule has 0 spiro atoms. The van der Waals surface area contributed by atoms with E-state index in [1.807, 2.05) is 0 Å². The first kappa shape index (κ1) is 16.9. The van der Waals surface area contributed by atoms with Crippen LogP contribution in [0.4, 0.5) is 0 Å². The summed E-state index contributed by atoms with van der Waals surface area (Å²) in [6.07, 6.45) is 1.11. The predicted molar refractivity (Wildman–Crippen MR) is 82.8 cm³/mol. The Morgan fingerprint density at radius 1 is 1.00 bits per heavy atom. The molecule has 0 aromatic heterocycles. The zero-order valence-corrected chi connectivity index (χ0v) is 14.8. The van der Waals surface area contributed by atoms with E-state index in [1.54, 1.807) is 0 Å². The van der Waals surface area contributed by atoms with Crippen molar-refractivity contribution in [3.8, 4) is 0 Å². The Labute approximate surface area is 111 Å². The van der Waals surface area contributed by atoms with Gasteiger partial charge in [-0.25, -0.2) is 0 Å². The van der Waals surface area contributed by atoms with Crippen LogP contribution in [-0.2, 0) is 0 Å². The summed E-state index contributed by atoms with van der Waals surface area (Å²) in [5.74, 6) is 0. The van der Waals surface area contributed by atoms with E-state index in [2.05, 4.69) is 51.0 Å². The van der Waals surface area contributed by atoms with Crippen LogP contribution < -0.4 is 0 Å². The van der Waals surface area contributed by atoms with Gasteiger partial charge in [0.25, 0.3) is 0 Å². The zero-order chi connectivity index (χ0) is 13.5. The van der Waals surface area contributed by atoms with Gasteiger partial charge in [0, 0.05) is 10.2 Å². The first-order valence-electron chi connectivity index (χ1n) is 7.16. The lowest BCUT2D eigenvalue weighted by molar-refractivity contribution is -0.0353. The molecule has 17 heavy (non-hydrogen) atoms. The molecule has 0 fully saturated rings. The highest BCUT2D eigenvalue weighted by Crippen LogP contribution is 2.28. The Morgan fingerprint density at radius 2 is 1.35 bits per heavy atom. The summed E-state index contributed by atoms with van der Waals surface area (Å²) in [7, 11) is 1.23. The smallest absolute Gasteiger partial charge is 0.0746 e. The van der Waals surface area contributed by atoms with Crippen LogP contribution >= 0.6 is 0 Å². The topological polar surface area (TPSA) is 6.48 Å². The molecule has 102 valence electrons. The molecular formula is C14H32N2Si. The van der Waals surface area contributed by atoms with E-state index in [0.29, 0.717) is 0 Å². The van der Waals surface area contributed by atoms with Gasteiger partial charge < -0.3 is 0 Å². The molecule has 0 N–H and O–H groups in total. The molecule has 2 nitrogen and oxygen atoms in total. The third-order valence-electron chi connectivity index (χ3n) is 3.97. The third kappa shape index (κ3) is 4.23. The summed E-state index contributed by atoms with van der Waals surface area (Å²) in [4.78, 5) is 5.14. The highest BCUT2D eigenvalue weighted by atomic mass is 28.1. The van der Waals surface area contributed by atoms with Crippen molar-refractivity contribution in [3.05, 3.63) is 12.2 Å². The highest BCUT2D eigenvalue weighted by Gasteiger charge is 2.34. The van der Waals surface area contributed by atoms with Crippen molar-refractivity contribution >= 4 is 10.2 Å². The second-order valence-corrected chi connectivity index (χ2v) is 5.55. The van der Waals surface area contributed by atoms with Gasteiger partial charge in [-0.2, -0.15) is 0 Å². The monoisotopic (exact) mass is 256 g/mol. The summed E-state index contributed by atoms with van der Waals surface area (Å²) in [6.45, 7) is 20.1. The van der Waals surface area contributed by atoms with E-state index < -0.39 is 0 Å². The van der Waals surface area contributed by atoms with Gasteiger partial charge in [-0.15, -0.1) is 6.58 Å². The van der Waals surface area contributed by atoms with Crippen molar-refractivity contribution in [1.82, 2.24) is 9.80 Å². The van der Waals surface area contributed by atoms with Crippen LogP contribution in [-0.4, -0.2) is 51.9 Å². The molecule has 0 aliphatic heterocycles. The van der Waals surface area contributed by atoms with Gasteiger partial charge in [0.1, 0.15) is 0 Å². The van der Waals surface area contributed by atoms with E-state index in [1.165, 1.54) is 21.9 Å². The van der Waals surface area contributed by atoms with Gasteiger partial charge in [-0.05, 0) is 45.6 Å². The fourth-order valence-electron chi connectivity index (χ4n) is 2.83. The Bertz CT molecular complexity index is 208. The van der Waals surface area contributed by atoms with Crippen molar-refractivity contribution < 1.29 is 0 Å². The maximum Gasteiger partial charge on any atom is 0.0746 e. The number of rotatable bonds is 9. The van der Waals surface area contributed by atoms with Crippen LogP contribution in [0.25, 0.3) is 0 Å². The van der Waals surface area contributed by atoms with Crippen molar-refractivity contribution in [3.63, 3.8) is 0 Å². The Kier molecular flexibility index (Phi) is 8.00. The minimum atomic E-state index is 0.147. The lowest BCUT2D eigenvalue weighted by Gasteiger charge is -2.48. The lowest BCUT2D eigenvalue weighted by Crippen LogP contribution is -2.58. The summed E-state index contributed by atoms with van der Waals surface area (Å²) < 4.78 is 0. The van der Waals surface area contributed by atoms with Crippen LogP contribution in [0, 0.1) is 0 Å². The molecule has 0 amide bonds. The van der Waals surface area contributed by atoms with Crippen molar-refractivity contribution in [2.75, 3.05) is 26.2 Å². The number of hydrogen-bond acceptors (Lipinski definition) is 2. The van der Waals surface area contributed by atoms with Gasteiger partial charge in [-0.3, -0.25) is 9.80 Å². The average molecular weight is 257 g/mol. The van der Waals surface area contributed by atoms with E-state index >= 15 is 0 Å². The fraction of sp³-hybridized carbons (Fsp3) is 0.857. The Balaban J connectivity index is 5.09. The Morgan fingerprint density at radius 3 is 1.59 bits per heavy atom. The molecule has 0 aliphatic carbocycles. The molecule has 0 aromatic rings. The predicted octanol–water partition coefficient (Wildman–Crippen LogP) is 2.12. The van der Waals surface area contributed by atoms with Gasteiger partial charge in [-0.1, -0.05) is 33.3 Å². The third-order valence-corrected chi connectivity index (χ3v) is 4.97. The molecule has 0 aromatic carbocycles. The van der Waals surface area contributed by atoms with Crippen molar-refractivity contribution in [2.24, 2.45) is 0 Å². The number of nitrogens with zero attached hydrogens (tertiary/aromatic N) is 2. The second kappa shape index (κ2) is 8.06. The largest absolute Gasteiger partial charge is 0.286 e. The van der Waals surface area contributed by atoms with E-state index in [4.69, 9.17) is 0 Å². The first-order valence-corrected chi connectivity index (χ1v) is 8.58. The number of hydrogen-bond donors (Lipinski definition) is 0. The van der Waals surface area contributed by atoms with Crippen LogP contribution in [0.2, 0.25) is 6.04 Å². The van der Waals surface area contributed by atoms with Gasteiger partial charge in [0.15, 0.2) is 0 Å². The molecule has 0 saturated heterocycles. The fourth-order valence-corrected chi connectivity index (χ4v) is 3.08. The zero-order valence-electron chi connectivity index (χ0n) is 12.8. The minimum absolute atomic E-state index is 0.147. The molecule has 0 radical (unpaired) electrons. The quantitative estimate of drug-likeness (QED) is 0.354. The van der Waals surface area contributed by atoms with Crippen LogP contribution in [0.3, 0.4) is 0 Å². The first-order chi connectivity index (χ1) is 7.99. The van der Waals surface area contributed by atoms with Gasteiger partial charge in [0.2, 0.25) is 0 Å². The van der Waals surface area contributed by atoms with Crippen LogP contribution in [0.5, 0.6) is 0 Å². The molecule has 0 aliphatic rings. The van der Waals surface area contributed by atoms with Crippen LogP contribution in [0.15, 0.2) is 12.2 Å². The average Bonchev–Trinajstić information content (AvgIpc) is 2.31. The van der Waals surface area contributed by atoms with E-state index in [9.17, 15) is 0 Å². The summed E-state index contributed by atoms with van der Waals surface area (Å²) in [6, 6.07) is 1.22. The van der Waals surface area contributed by atoms with Gasteiger partial charge >= 0.3 is 0 Å². The SMILES string of the molecule is C=C(C[SiH3])CC(C)(N(CC)CC)N(CC)CC. The normalized spacial score (nSPS) is 12.6. The molecule has 0 atom stereocenters. The standard InChI is InChI=1S/C14H32N2Si/c1-7-15(8-2)14(6,11-13(5)12-17)16(9-3)10-4/h5,7-12H2,1-4,6,17H3. The van der Waals surface area contributed by atoms with Crippen molar-refractivity contribution in [2.45, 2.75) is 52.7 Å². The minimum Gasteiger partial charge on any atom is -0.286 e. The summed E-state index contributed by atoms with van der Waals surface area (Å²) in [5.41, 5.74) is 1.56. The Hall–Kier alpha value is -0.123.